The molecule has 2 nitrogen and oxygen atoms in total. The Kier molecular flexibility index (Phi) is 5.26. The van der Waals surface area contributed by atoms with Crippen LogP contribution in [0.4, 0.5) is 0 Å². The van der Waals surface area contributed by atoms with Gasteiger partial charge in [0.1, 0.15) is 0 Å². The highest BCUT2D eigenvalue weighted by Crippen LogP contribution is 2.06. The Morgan fingerprint density at radius 1 is 1.50 bits per heavy atom. The number of rotatable bonds is 5. The molecule has 60 valence electrons. The molecule has 3 N–H and O–H groups in total. The highest BCUT2D eigenvalue weighted by Gasteiger charge is 2.01. The Balaban J connectivity index is 3.34. The Bertz CT molecular complexity index is 89.3. The average molecular weight is 142 g/mol. The Hall–Kier alpha value is -0.340. The van der Waals surface area contributed by atoms with E-state index in [0.29, 0.717) is 0 Å². The lowest BCUT2D eigenvalue weighted by molar-refractivity contribution is 0.486. The van der Waals surface area contributed by atoms with Crippen molar-refractivity contribution in [2.45, 2.75) is 32.7 Å². The minimum absolute atomic E-state index is 0.280. The molecule has 0 amide bonds. The summed E-state index contributed by atoms with van der Waals surface area (Å²) in [4.78, 5) is 0. The third kappa shape index (κ3) is 4.53. The molecular weight excluding hydrogens is 124 g/mol. The third-order valence-corrected chi connectivity index (χ3v) is 1.55. The Morgan fingerprint density at radius 2 is 2.10 bits per heavy atom. The molecule has 0 aliphatic heterocycles. The molecule has 0 aromatic carbocycles. The summed E-state index contributed by atoms with van der Waals surface area (Å²) in [6.45, 7) is 8.08. The van der Waals surface area contributed by atoms with Crippen LogP contribution >= 0.6 is 0 Å². The van der Waals surface area contributed by atoms with Crippen LogP contribution < -0.4 is 11.3 Å². The molecule has 1 atom stereocenters. The highest BCUT2D eigenvalue weighted by molar-refractivity contribution is 4.83. The molecule has 10 heavy (non-hydrogen) atoms. The van der Waals surface area contributed by atoms with Crippen LogP contribution in [0, 0.1) is 5.92 Å². The quantitative estimate of drug-likeness (QED) is 0.346. The van der Waals surface area contributed by atoms with Gasteiger partial charge in [0, 0.05) is 6.04 Å². The van der Waals surface area contributed by atoms with Gasteiger partial charge in [-0.2, -0.15) is 0 Å². The second kappa shape index (κ2) is 5.45. The van der Waals surface area contributed by atoms with Crippen molar-refractivity contribution in [2.24, 2.45) is 11.8 Å². The van der Waals surface area contributed by atoms with Crippen molar-refractivity contribution in [1.82, 2.24) is 5.43 Å². The third-order valence-electron chi connectivity index (χ3n) is 1.55. The van der Waals surface area contributed by atoms with E-state index in [1.54, 1.807) is 0 Å². The van der Waals surface area contributed by atoms with Gasteiger partial charge in [0.25, 0.3) is 0 Å². The molecule has 0 saturated carbocycles. The van der Waals surface area contributed by atoms with Crippen molar-refractivity contribution in [1.29, 1.82) is 0 Å². The van der Waals surface area contributed by atoms with Gasteiger partial charge < -0.3 is 0 Å². The summed E-state index contributed by atoms with van der Waals surface area (Å²) < 4.78 is 0. The monoisotopic (exact) mass is 142 g/mol. The Labute approximate surface area is 63.5 Å². The first-order valence-corrected chi connectivity index (χ1v) is 3.79. The zero-order valence-electron chi connectivity index (χ0n) is 6.93. The Morgan fingerprint density at radius 3 is 2.40 bits per heavy atom. The van der Waals surface area contributed by atoms with Gasteiger partial charge in [-0.1, -0.05) is 19.9 Å². The first-order valence-electron chi connectivity index (χ1n) is 3.79. The fraction of sp³-hybridized carbons (Fsp3) is 0.750. The van der Waals surface area contributed by atoms with Crippen LogP contribution in [0.15, 0.2) is 12.7 Å². The van der Waals surface area contributed by atoms with Crippen LogP contribution in [0.2, 0.25) is 0 Å². The lowest BCUT2D eigenvalue weighted by atomic mass is 10.0. The predicted molar refractivity (Wildman–Crippen MR) is 45.4 cm³/mol. The van der Waals surface area contributed by atoms with E-state index in [1.807, 2.05) is 6.08 Å². The van der Waals surface area contributed by atoms with Crippen LogP contribution in [0.1, 0.15) is 26.7 Å². The second-order valence-corrected chi connectivity index (χ2v) is 2.98. The predicted octanol–water partition coefficient (Wildman–Crippen LogP) is 1.44. The SMILES string of the molecule is C=CC(CCC(C)C)NN. The average Bonchev–Trinajstić information content (AvgIpc) is 1.90. The molecule has 0 aliphatic carbocycles. The van der Waals surface area contributed by atoms with E-state index < -0.39 is 0 Å². The molecule has 0 aromatic rings. The molecule has 0 bridgehead atoms. The molecule has 0 aliphatic rings. The standard InChI is InChI=1S/C8H18N2/c1-4-8(10-9)6-5-7(2)3/h4,7-8,10H,1,5-6,9H2,2-3H3. The minimum atomic E-state index is 0.280. The summed E-state index contributed by atoms with van der Waals surface area (Å²) in [5.41, 5.74) is 2.69. The molecule has 0 heterocycles. The van der Waals surface area contributed by atoms with Crippen LogP contribution in [0.3, 0.4) is 0 Å². The van der Waals surface area contributed by atoms with Crippen molar-refractivity contribution >= 4 is 0 Å². The van der Waals surface area contributed by atoms with E-state index in [9.17, 15) is 0 Å². The lowest BCUT2D eigenvalue weighted by Gasteiger charge is -2.11. The molecule has 0 radical (unpaired) electrons. The van der Waals surface area contributed by atoms with Crippen molar-refractivity contribution in [3.05, 3.63) is 12.7 Å². The summed E-state index contributed by atoms with van der Waals surface area (Å²) in [5, 5.41) is 0. The smallest absolute Gasteiger partial charge is 0.0387 e. The molecule has 2 heteroatoms. The van der Waals surface area contributed by atoms with Gasteiger partial charge in [-0.15, -0.1) is 6.58 Å². The van der Waals surface area contributed by atoms with E-state index in [4.69, 9.17) is 5.84 Å². The highest BCUT2D eigenvalue weighted by atomic mass is 15.2. The number of nitrogens with two attached hydrogens (primary N) is 1. The number of hydrogen-bond acceptors (Lipinski definition) is 2. The maximum absolute atomic E-state index is 5.25. The molecule has 1 unspecified atom stereocenters. The van der Waals surface area contributed by atoms with E-state index in [0.717, 1.165) is 12.3 Å². The van der Waals surface area contributed by atoms with Crippen LogP contribution in [0.25, 0.3) is 0 Å². The van der Waals surface area contributed by atoms with Gasteiger partial charge >= 0.3 is 0 Å². The van der Waals surface area contributed by atoms with E-state index in [-0.39, 0.29) is 6.04 Å². The van der Waals surface area contributed by atoms with E-state index >= 15 is 0 Å². The zero-order chi connectivity index (χ0) is 7.98. The van der Waals surface area contributed by atoms with Gasteiger partial charge in [0.15, 0.2) is 0 Å². The second-order valence-electron chi connectivity index (χ2n) is 2.98. The van der Waals surface area contributed by atoms with Gasteiger partial charge in [-0.25, -0.2) is 0 Å². The normalized spacial score (nSPS) is 13.6. The van der Waals surface area contributed by atoms with Crippen LogP contribution in [-0.2, 0) is 0 Å². The maximum Gasteiger partial charge on any atom is 0.0387 e. The first-order chi connectivity index (χ1) is 4.70. The van der Waals surface area contributed by atoms with Crippen molar-refractivity contribution in [3.63, 3.8) is 0 Å². The van der Waals surface area contributed by atoms with Gasteiger partial charge in [-0.3, -0.25) is 11.3 Å². The molecule has 0 spiro atoms. The van der Waals surface area contributed by atoms with Crippen LogP contribution in [0.5, 0.6) is 0 Å². The minimum Gasteiger partial charge on any atom is -0.271 e. The summed E-state index contributed by atoms with van der Waals surface area (Å²) in [5.74, 6) is 5.99. The fourth-order valence-corrected chi connectivity index (χ4v) is 0.782. The fourth-order valence-electron chi connectivity index (χ4n) is 0.782. The largest absolute Gasteiger partial charge is 0.271 e. The van der Waals surface area contributed by atoms with Crippen molar-refractivity contribution in [3.8, 4) is 0 Å². The van der Waals surface area contributed by atoms with Crippen molar-refractivity contribution in [2.75, 3.05) is 0 Å². The lowest BCUT2D eigenvalue weighted by Crippen LogP contribution is -2.33. The topological polar surface area (TPSA) is 38.0 Å². The van der Waals surface area contributed by atoms with Crippen LogP contribution in [-0.4, -0.2) is 6.04 Å². The maximum atomic E-state index is 5.25. The summed E-state index contributed by atoms with van der Waals surface area (Å²) in [6.07, 6.45) is 4.13. The van der Waals surface area contributed by atoms with Crippen molar-refractivity contribution < 1.29 is 0 Å². The summed E-state index contributed by atoms with van der Waals surface area (Å²) in [6, 6.07) is 0.280. The molecule has 0 fully saturated rings. The summed E-state index contributed by atoms with van der Waals surface area (Å²) >= 11 is 0. The summed E-state index contributed by atoms with van der Waals surface area (Å²) in [7, 11) is 0. The van der Waals surface area contributed by atoms with E-state index in [2.05, 4.69) is 25.9 Å². The molecule has 0 saturated heterocycles. The number of hydrazine groups is 1. The number of nitrogens with one attached hydrogen (secondary N) is 1. The zero-order valence-corrected chi connectivity index (χ0v) is 6.93. The molecule has 0 aromatic heterocycles. The number of hydrogen-bond donors (Lipinski definition) is 2. The first kappa shape index (κ1) is 9.66. The molecular formula is C8H18N2. The van der Waals surface area contributed by atoms with E-state index in [1.165, 1.54) is 6.42 Å². The van der Waals surface area contributed by atoms with Gasteiger partial charge in [-0.05, 0) is 18.8 Å². The molecule has 0 rings (SSSR count). The van der Waals surface area contributed by atoms with Gasteiger partial charge in [0.2, 0.25) is 0 Å². The van der Waals surface area contributed by atoms with Gasteiger partial charge in [0.05, 0.1) is 0 Å².